The number of benzene rings is 2. The van der Waals surface area contributed by atoms with Crippen LogP contribution >= 0.6 is 23.5 Å². The highest BCUT2D eigenvalue weighted by Gasteiger charge is 2.17. The lowest BCUT2D eigenvalue weighted by molar-refractivity contribution is 0.0689. The minimum atomic E-state index is -1.07. The van der Waals surface area contributed by atoms with Crippen molar-refractivity contribution in [2.24, 2.45) is 0 Å². The molecule has 0 aromatic heterocycles. The van der Waals surface area contributed by atoms with Crippen molar-refractivity contribution in [3.63, 3.8) is 0 Å². The maximum absolute atomic E-state index is 13.6. The summed E-state index contributed by atoms with van der Waals surface area (Å²) in [6, 6.07) is 8.23. The Morgan fingerprint density at radius 1 is 1.10 bits per heavy atom. The molecule has 0 fully saturated rings. The zero-order valence-electron chi connectivity index (χ0n) is 10.4. The van der Waals surface area contributed by atoms with Crippen molar-refractivity contribution in [1.29, 1.82) is 0 Å². The van der Waals surface area contributed by atoms with Gasteiger partial charge < -0.3 is 5.11 Å². The van der Waals surface area contributed by atoms with Crippen molar-refractivity contribution in [2.75, 3.05) is 6.26 Å². The first kappa shape index (κ1) is 14.9. The number of halogens is 2. The smallest absolute Gasteiger partial charge is 0.337 e. The van der Waals surface area contributed by atoms with Crippen LogP contribution < -0.4 is 0 Å². The van der Waals surface area contributed by atoms with E-state index < -0.39 is 17.6 Å². The lowest BCUT2D eigenvalue weighted by Crippen LogP contribution is -2.01. The molecular weight excluding hydrogens is 302 g/mol. The third kappa shape index (κ3) is 3.13. The molecule has 2 rings (SSSR count). The summed E-state index contributed by atoms with van der Waals surface area (Å²) in [6.07, 6.45) is 1.77. The van der Waals surface area contributed by atoms with E-state index in [9.17, 15) is 18.7 Å². The molecule has 0 unspecified atom stereocenters. The summed E-state index contributed by atoms with van der Waals surface area (Å²) in [5, 5.41) is 9.29. The molecule has 0 radical (unpaired) electrons. The van der Waals surface area contributed by atoms with Gasteiger partial charge in [-0.05, 0) is 30.5 Å². The fourth-order valence-electron chi connectivity index (χ4n) is 1.65. The molecule has 2 nitrogen and oxygen atoms in total. The Morgan fingerprint density at radius 2 is 1.80 bits per heavy atom. The zero-order valence-corrected chi connectivity index (χ0v) is 12.0. The predicted molar refractivity (Wildman–Crippen MR) is 75.7 cm³/mol. The van der Waals surface area contributed by atoms with Crippen molar-refractivity contribution in [3.05, 3.63) is 53.6 Å². The summed E-state index contributed by atoms with van der Waals surface area (Å²) in [5.41, 5.74) is 0.133. The van der Waals surface area contributed by atoms with Gasteiger partial charge in [0.15, 0.2) is 0 Å². The second-order valence-corrected chi connectivity index (χ2v) is 5.75. The van der Waals surface area contributed by atoms with Crippen molar-refractivity contribution in [1.82, 2.24) is 0 Å². The lowest BCUT2D eigenvalue weighted by Gasteiger charge is -2.10. The molecule has 0 aliphatic carbocycles. The third-order valence-electron chi connectivity index (χ3n) is 2.54. The maximum atomic E-state index is 13.6. The van der Waals surface area contributed by atoms with Crippen LogP contribution in [0.1, 0.15) is 10.4 Å². The SMILES string of the molecule is CSc1cccc(Sc2ccc(F)cc2F)c1C(=O)O. The van der Waals surface area contributed by atoms with Crippen LogP contribution in [0.15, 0.2) is 51.1 Å². The van der Waals surface area contributed by atoms with Crippen molar-refractivity contribution < 1.29 is 18.7 Å². The number of carboxylic acids is 1. The second kappa shape index (κ2) is 6.28. The molecule has 2 aromatic carbocycles. The van der Waals surface area contributed by atoms with Gasteiger partial charge in [-0.3, -0.25) is 0 Å². The maximum Gasteiger partial charge on any atom is 0.337 e. The Bertz CT molecular complexity index is 660. The summed E-state index contributed by atoms with van der Waals surface area (Å²) < 4.78 is 26.5. The summed E-state index contributed by atoms with van der Waals surface area (Å²) >= 11 is 2.28. The first-order valence-corrected chi connectivity index (χ1v) is 7.60. The normalized spacial score (nSPS) is 10.6. The van der Waals surface area contributed by atoms with Crippen LogP contribution in [0.5, 0.6) is 0 Å². The highest BCUT2D eigenvalue weighted by Crippen LogP contribution is 2.36. The lowest BCUT2D eigenvalue weighted by atomic mass is 10.2. The number of carboxylic acid groups (broad SMARTS) is 1. The molecule has 2 aromatic rings. The predicted octanol–water partition coefficient (Wildman–Crippen LogP) is 4.54. The van der Waals surface area contributed by atoms with Gasteiger partial charge in [-0.15, -0.1) is 11.8 Å². The Balaban J connectivity index is 2.45. The minimum Gasteiger partial charge on any atom is -0.478 e. The van der Waals surface area contributed by atoms with E-state index in [2.05, 4.69) is 0 Å². The van der Waals surface area contributed by atoms with Gasteiger partial charge in [-0.2, -0.15) is 0 Å². The molecule has 1 N–H and O–H groups in total. The molecule has 6 heteroatoms. The fraction of sp³-hybridized carbons (Fsp3) is 0.0714. The fourth-order valence-corrected chi connectivity index (χ4v) is 3.31. The molecule has 20 heavy (non-hydrogen) atoms. The van der Waals surface area contributed by atoms with Crippen molar-refractivity contribution in [2.45, 2.75) is 14.7 Å². The van der Waals surface area contributed by atoms with Gasteiger partial charge in [0, 0.05) is 20.8 Å². The van der Waals surface area contributed by atoms with Crippen LogP contribution in [-0.2, 0) is 0 Å². The number of thioether (sulfide) groups is 1. The van der Waals surface area contributed by atoms with Crippen LogP contribution in [0.25, 0.3) is 0 Å². The summed E-state index contributed by atoms with van der Waals surface area (Å²) in [4.78, 5) is 12.6. The van der Waals surface area contributed by atoms with E-state index in [1.165, 1.54) is 17.8 Å². The van der Waals surface area contributed by atoms with E-state index in [1.807, 2.05) is 0 Å². The Labute approximate surface area is 123 Å². The number of aromatic carboxylic acids is 1. The Kier molecular flexibility index (Phi) is 4.67. The first-order chi connectivity index (χ1) is 9.52. The minimum absolute atomic E-state index is 0.133. The van der Waals surface area contributed by atoms with Crippen LogP contribution in [0.3, 0.4) is 0 Å². The highest BCUT2D eigenvalue weighted by atomic mass is 32.2. The topological polar surface area (TPSA) is 37.3 Å². The molecule has 0 amide bonds. The van der Waals surface area contributed by atoms with Gasteiger partial charge >= 0.3 is 5.97 Å². The van der Waals surface area contributed by atoms with Gasteiger partial charge in [0.2, 0.25) is 0 Å². The summed E-state index contributed by atoms with van der Waals surface area (Å²) in [6.45, 7) is 0. The second-order valence-electron chi connectivity index (χ2n) is 3.82. The Hall–Kier alpha value is -1.53. The molecule has 0 saturated heterocycles. The van der Waals surface area contributed by atoms with Crippen molar-refractivity contribution in [3.8, 4) is 0 Å². The Morgan fingerprint density at radius 3 is 2.40 bits per heavy atom. The first-order valence-electron chi connectivity index (χ1n) is 5.56. The van der Waals surface area contributed by atoms with Crippen LogP contribution in [-0.4, -0.2) is 17.3 Å². The van der Waals surface area contributed by atoms with Gasteiger partial charge in [0.05, 0.1) is 5.56 Å². The monoisotopic (exact) mass is 312 g/mol. The molecule has 0 aliphatic heterocycles. The molecular formula is C14H10F2O2S2. The summed E-state index contributed by atoms with van der Waals surface area (Å²) in [7, 11) is 0. The van der Waals surface area contributed by atoms with Crippen molar-refractivity contribution >= 4 is 29.5 Å². The van der Waals surface area contributed by atoms with E-state index in [0.29, 0.717) is 9.79 Å². The zero-order chi connectivity index (χ0) is 14.7. The molecule has 0 heterocycles. The summed E-state index contributed by atoms with van der Waals surface area (Å²) in [5.74, 6) is -2.44. The molecule has 104 valence electrons. The third-order valence-corrected chi connectivity index (χ3v) is 4.43. The van der Waals surface area contributed by atoms with Crippen LogP contribution in [0, 0.1) is 11.6 Å². The molecule has 0 aliphatic rings. The van der Waals surface area contributed by atoms with Gasteiger partial charge in [-0.1, -0.05) is 17.8 Å². The van der Waals surface area contributed by atoms with Crippen LogP contribution in [0.2, 0.25) is 0 Å². The number of rotatable bonds is 4. The quantitative estimate of drug-likeness (QED) is 0.841. The largest absolute Gasteiger partial charge is 0.478 e. The standard InChI is InChI=1S/C14H10F2O2S2/c1-19-11-3-2-4-12(13(11)14(17)18)20-10-6-5-8(15)7-9(10)16/h2-7H,1H3,(H,17,18). The number of hydrogen-bond acceptors (Lipinski definition) is 3. The van der Waals surface area contributed by atoms with Gasteiger partial charge in [-0.25, -0.2) is 13.6 Å². The van der Waals surface area contributed by atoms with Gasteiger partial charge in [0.1, 0.15) is 11.6 Å². The van der Waals surface area contributed by atoms with Crippen LogP contribution in [0.4, 0.5) is 8.78 Å². The number of carbonyl (C=O) groups is 1. The van der Waals surface area contributed by atoms with E-state index in [4.69, 9.17) is 0 Å². The molecule has 0 bridgehead atoms. The highest BCUT2D eigenvalue weighted by molar-refractivity contribution is 8.00. The van der Waals surface area contributed by atoms with E-state index in [-0.39, 0.29) is 10.5 Å². The van der Waals surface area contributed by atoms with E-state index in [0.717, 1.165) is 23.9 Å². The van der Waals surface area contributed by atoms with E-state index >= 15 is 0 Å². The molecule has 0 spiro atoms. The average molecular weight is 312 g/mol. The number of hydrogen-bond donors (Lipinski definition) is 1. The van der Waals surface area contributed by atoms with E-state index in [1.54, 1.807) is 24.5 Å². The van der Waals surface area contributed by atoms with Gasteiger partial charge in [0.25, 0.3) is 0 Å². The average Bonchev–Trinajstić information content (AvgIpc) is 2.41. The molecule has 0 atom stereocenters. The molecule has 0 saturated carbocycles.